The summed E-state index contributed by atoms with van der Waals surface area (Å²) in [5.41, 5.74) is 22.2. The molecule has 0 heterocycles. The Morgan fingerprint density at radius 2 is 0.775 bits per heavy atom. The van der Waals surface area contributed by atoms with Gasteiger partial charge in [-0.25, -0.2) is 0 Å². The van der Waals surface area contributed by atoms with Gasteiger partial charge in [-0.05, 0) is 190 Å². The van der Waals surface area contributed by atoms with Gasteiger partial charge in [-0.3, -0.25) is 0 Å². The van der Waals surface area contributed by atoms with Crippen molar-refractivity contribution in [2.75, 3.05) is 20.0 Å². The van der Waals surface area contributed by atoms with Crippen LogP contribution < -0.4 is 20.0 Å². The molecule has 0 amide bonds. The van der Waals surface area contributed by atoms with E-state index in [0.717, 1.165) is 85.6 Å². The molecule has 0 radical (unpaired) electrons. The van der Waals surface area contributed by atoms with E-state index in [1.54, 1.807) is 0 Å². The van der Waals surface area contributed by atoms with E-state index < -0.39 is 0 Å². The molecule has 12 rings (SSSR count). The van der Waals surface area contributed by atoms with Crippen LogP contribution in [-0.2, 0) is 0 Å². The van der Waals surface area contributed by atoms with Crippen LogP contribution in [0.1, 0.15) is 18.9 Å². The molecule has 0 saturated carbocycles. The molecule has 4 nitrogen and oxygen atoms in total. The molecule has 0 spiro atoms. The lowest BCUT2D eigenvalue weighted by atomic mass is 9.89. The molecule has 1 atom stereocenters. The van der Waals surface area contributed by atoms with Gasteiger partial charge in [-0.1, -0.05) is 249 Å². The zero-order chi connectivity index (χ0) is 60.4. The lowest BCUT2D eigenvalue weighted by Crippen LogP contribution is -2.14. The van der Waals surface area contributed by atoms with Crippen molar-refractivity contribution in [2.24, 2.45) is 5.92 Å². The van der Waals surface area contributed by atoms with Gasteiger partial charge < -0.3 is 20.0 Å². The molecule has 430 valence electrons. The summed E-state index contributed by atoms with van der Waals surface area (Å²) in [5.74, 6) is 0.230. The van der Waals surface area contributed by atoms with Gasteiger partial charge in [0.1, 0.15) is 0 Å². The summed E-state index contributed by atoms with van der Waals surface area (Å²) < 4.78 is 0. The molecule has 11 aromatic rings. The first kappa shape index (κ1) is 57.9. The number of allylic oxidation sites excluding steroid dienone is 13. The molecule has 1 aliphatic rings. The molecular weight excluding hydrogens is 1080 g/mol. The van der Waals surface area contributed by atoms with Crippen LogP contribution in [0.15, 0.2) is 394 Å². The van der Waals surface area contributed by atoms with Gasteiger partial charge in [-0.15, -0.1) is 0 Å². The molecule has 0 aliphatic heterocycles. The Morgan fingerprint density at radius 3 is 1.20 bits per heavy atom. The van der Waals surface area contributed by atoms with Gasteiger partial charge in [0.25, 0.3) is 0 Å². The van der Waals surface area contributed by atoms with Crippen LogP contribution in [0.2, 0.25) is 0 Å². The minimum atomic E-state index is 0.230. The Balaban J connectivity index is 0.755. The second kappa shape index (κ2) is 28.6. The number of para-hydroxylation sites is 4. The summed E-state index contributed by atoms with van der Waals surface area (Å²) >= 11 is 0. The van der Waals surface area contributed by atoms with E-state index in [1.807, 2.05) is 24.4 Å². The van der Waals surface area contributed by atoms with Crippen molar-refractivity contribution < 1.29 is 0 Å². The van der Waals surface area contributed by atoms with Gasteiger partial charge in [-0.2, -0.15) is 0 Å². The highest BCUT2D eigenvalue weighted by Gasteiger charge is 2.18. The van der Waals surface area contributed by atoms with Crippen molar-refractivity contribution in [3.05, 3.63) is 399 Å². The SMILES string of the molecule is C=C(/C=C\C(=C/C)C1C=CC(\C=C/C(=C\C=C\Nc2ccccc2)c2ccc(N(c3ccccc3)c3ccc(-c4ccc(N(c5ccccc5)c5ccc(-c6ccccc6)cc5)cc4)cc3)cc2)=CC1)N(c1ccccc1)c1ccc(-c2ccccc2)cc1. The van der Waals surface area contributed by atoms with Crippen molar-refractivity contribution in [1.29, 1.82) is 0 Å². The molecule has 89 heavy (non-hydrogen) atoms. The molecule has 0 saturated heterocycles. The van der Waals surface area contributed by atoms with Crippen LogP contribution in [0.3, 0.4) is 0 Å². The first-order chi connectivity index (χ1) is 44.0. The maximum atomic E-state index is 4.59. The predicted molar refractivity (Wildman–Crippen MR) is 381 cm³/mol. The minimum absolute atomic E-state index is 0.230. The predicted octanol–water partition coefficient (Wildman–Crippen LogP) is 23.5. The fourth-order valence-corrected chi connectivity index (χ4v) is 11.4. The zero-order valence-corrected chi connectivity index (χ0v) is 50.1. The summed E-state index contributed by atoms with van der Waals surface area (Å²) in [6.45, 7) is 6.72. The Kier molecular flexibility index (Phi) is 18.6. The summed E-state index contributed by atoms with van der Waals surface area (Å²) in [6, 6.07) is 107. The number of anilines is 9. The Hall–Kier alpha value is -11.5. The van der Waals surface area contributed by atoms with Gasteiger partial charge in [0, 0.05) is 69.0 Å². The fourth-order valence-electron chi connectivity index (χ4n) is 11.4. The maximum absolute atomic E-state index is 4.59. The van der Waals surface area contributed by atoms with E-state index in [9.17, 15) is 0 Å². The Labute approximate surface area is 525 Å². The summed E-state index contributed by atoms with van der Waals surface area (Å²) in [6.07, 6.45) is 25.1. The quantitative estimate of drug-likeness (QED) is 0.0724. The Bertz CT molecular complexity index is 4300. The highest BCUT2D eigenvalue weighted by atomic mass is 15.2. The third kappa shape index (κ3) is 14.5. The molecule has 11 aromatic carbocycles. The van der Waals surface area contributed by atoms with Crippen LogP contribution in [-0.4, -0.2) is 0 Å². The van der Waals surface area contributed by atoms with E-state index in [2.05, 4.69) is 379 Å². The number of hydrogen-bond acceptors (Lipinski definition) is 4. The number of nitrogens with one attached hydrogen (secondary N) is 1. The smallest absolute Gasteiger partial charge is 0.0462 e. The van der Waals surface area contributed by atoms with Crippen molar-refractivity contribution in [2.45, 2.75) is 13.3 Å². The van der Waals surface area contributed by atoms with Crippen molar-refractivity contribution in [1.82, 2.24) is 0 Å². The maximum Gasteiger partial charge on any atom is 0.0462 e. The van der Waals surface area contributed by atoms with E-state index in [4.69, 9.17) is 0 Å². The zero-order valence-electron chi connectivity index (χ0n) is 50.1. The Morgan fingerprint density at radius 1 is 0.404 bits per heavy atom. The molecule has 0 bridgehead atoms. The van der Waals surface area contributed by atoms with Crippen LogP contribution >= 0.6 is 0 Å². The molecular formula is C85H70N4. The number of hydrogen-bond donors (Lipinski definition) is 1. The van der Waals surface area contributed by atoms with Crippen molar-refractivity contribution in [3.8, 4) is 33.4 Å². The number of benzene rings is 11. The van der Waals surface area contributed by atoms with Crippen LogP contribution in [0.4, 0.5) is 51.2 Å². The first-order valence-electron chi connectivity index (χ1n) is 30.5. The average molecular weight is 1150 g/mol. The molecule has 1 aliphatic carbocycles. The minimum Gasteiger partial charge on any atom is -0.362 e. The molecule has 1 N–H and O–H groups in total. The van der Waals surface area contributed by atoms with E-state index >= 15 is 0 Å². The highest BCUT2D eigenvalue weighted by Crippen LogP contribution is 2.40. The van der Waals surface area contributed by atoms with Crippen molar-refractivity contribution >= 4 is 56.8 Å². The summed E-state index contributed by atoms with van der Waals surface area (Å²) in [4.78, 5) is 6.85. The molecule has 1 unspecified atom stereocenters. The van der Waals surface area contributed by atoms with Gasteiger partial charge >= 0.3 is 0 Å². The van der Waals surface area contributed by atoms with Crippen LogP contribution in [0.5, 0.6) is 0 Å². The fraction of sp³-hybridized carbons (Fsp3) is 0.0353. The number of nitrogens with zero attached hydrogens (tertiary/aromatic N) is 3. The standard InChI is InChI=1S/C85H70N4/c1-3-67(40-36-65(2)87(78-30-16-7-17-31-78)81-54-44-72(45-55-81)68-23-10-4-11-24-68)71-42-38-66(39-43-71)37-41-70(27-22-64-86-77-28-14-6-15-29-77)74-48-58-83(59-49-74)89(80-34-20-9-21-35-80)85-62-52-76(53-63-85)75-50-60-84(61-51-75)88(79-32-18-8-19-33-79)82-56-46-73(47-57-82)69-25-12-5-13-26-69/h3-42,44-64,71,86H,2,43H2,1H3/b40-36-,41-37-,64-22+,67-3+,70-27+. The van der Waals surface area contributed by atoms with Crippen LogP contribution in [0.25, 0.3) is 39.0 Å². The highest BCUT2D eigenvalue weighted by molar-refractivity contribution is 5.84. The number of rotatable bonds is 21. The first-order valence-corrected chi connectivity index (χ1v) is 30.5. The van der Waals surface area contributed by atoms with Crippen LogP contribution in [0, 0.1) is 5.92 Å². The second-order valence-corrected chi connectivity index (χ2v) is 21.8. The molecule has 4 heteroatoms. The summed E-state index contributed by atoms with van der Waals surface area (Å²) in [5, 5.41) is 3.43. The largest absolute Gasteiger partial charge is 0.362 e. The lowest BCUT2D eigenvalue weighted by Gasteiger charge is -2.26. The lowest BCUT2D eigenvalue weighted by molar-refractivity contribution is 0.780. The van der Waals surface area contributed by atoms with E-state index in [0.29, 0.717) is 0 Å². The van der Waals surface area contributed by atoms with Gasteiger partial charge in [0.15, 0.2) is 0 Å². The normalized spacial score (nSPS) is 13.4. The molecule has 0 aromatic heterocycles. The van der Waals surface area contributed by atoms with Gasteiger partial charge in [0.2, 0.25) is 0 Å². The topological polar surface area (TPSA) is 21.8 Å². The van der Waals surface area contributed by atoms with Gasteiger partial charge in [0.05, 0.1) is 0 Å². The second-order valence-electron chi connectivity index (χ2n) is 21.8. The summed E-state index contributed by atoms with van der Waals surface area (Å²) in [7, 11) is 0. The van der Waals surface area contributed by atoms with Crippen molar-refractivity contribution in [3.63, 3.8) is 0 Å². The third-order valence-corrected chi connectivity index (χ3v) is 16.0. The van der Waals surface area contributed by atoms with E-state index in [-0.39, 0.29) is 5.92 Å². The van der Waals surface area contributed by atoms with E-state index in [1.165, 1.54) is 33.4 Å². The monoisotopic (exact) mass is 1150 g/mol. The molecule has 0 fully saturated rings. The third-order valence-electron chi connectivity index (χ3n) is 16.0. The average Bonchev–Trinajstić information content (AvgIpc) is 2.20.